The number of hydrogen-bond donors (Lipinski definition) is 0. The molecule has 69 heavy (non-hydrogen) atoms. The first kappa shape index (κ1) is 39.2. The molecule has 4 nitrogen and oxygen atoms in total. The number of hydrogen-bond acceptors (Lipinski definition) is 4. The molecule has 3 aliphatic rings. The molecule has 2 aliphatic carbocycles. The normalized spacial score (nSPS) is 13.9. The van der Waals surface area contributed by atoms with E-state index >= 15 is 0 Å². The topological polar surface area (TPSA) is 47.9 Å². The minimum Gasteiger partial charge on any atom is -0.456 e. The van der Waals surface area contributed by atoms with Gasteiger partial charge in [0, 0.05) is 33.4 Å². The number of rotatable bonds is 5. The zero-order valence-electron chi connectivity index (χ0n) is 37.4. The highest BCUT2D eigenvalue weighted by Crippen LogP contribution is 2.67. The van der Waals surface area contributed by atoms with Crippen molar-refractivity contribution in [2.75, 3.05) is 0 Å². The van der Waals surface area contributed by atoms with Crippen LogP contribution in [0.15, 0.2) is 249 Å². The van der Waals surface area contributed by atoms with Gasteiger partial charge >= 0.3 is 0 Å². The quantitative estimate of drug-likeness (QED) is 0.173. The van der Waals surface area contributed by atoms with Crippen LogP contribution in [0.4, 0.5) is 0 Å². The third-order valence-corrected chi connectivity index (χ3v) is 14.7. The number of para-hydroxylation sites is 2. The fourth-order valence-electron chi connectivity index (χ4n) is 11.9. The Kier molecular flexibility index (Phi) is 8.68. The molecular formula is C65H41N3O. The minimum absolute atomic E-state index is 0.521. The van der Waals surface area contributed by atoms with E-state index in [1.54, 1.807) is 0 Å². The van der Waals surface area contributed by atoms with Crippen molar-refractivity contribution in [2.24, 2.45) is 0 Å². The van der Waals surface area contributed by atoms with Crippen molar-refractivity contribution in [3.8, 4) is 79.0 Å². The first-order valence-electron chi connectivity index (χ1n) is 23.6. The van der Waals surface area contributed by atoms with Crippen LogP contribution in [0.2, 0.25) is 0 Å². The Bertz CT molecular complexity index is 3730. The van der Waals surface area contributed by atoms with Crippen molar-refractivity contribution < 1.29 is 4.74 Å². The van der Waals surface area contributed by atoms with Crippen LogP contribution in [0.25, 0.3) is 67.5 Å². The summed E-state index contributed by atoms with van der Waals surface area (Å²) >= 11 is 0. The highest BCUT2D eigenvalue weighted by molar-refractivity contribution is 5.91. The van der Waals surface area contributed by atoms with E-state index in [1.807, 2.05) is 36.4 Å². The summed E-state index contributed by atoms with van der Waals surface area (Å²) in [5.74, 6) is 3.55. The largest absolute Gasteiger partial charge is 0.456 e. The molecule has 4 heteroatoms. The van der Waals surface area contributed by atoms with Crippen molar-refractivity contribution >= 4 is 0 Å². The van der Waals surface area contributed by atoms with Gasteiger partial charge < -0.3 is 4.74 Å². The van der Waals surface area contributed by atoms with Crippen molar-refractivity contribution in [1.82, 2.24) is 15.0 Å². The minimum atomic E-state index is -0.696. The van der Waals surface area contributed by atoms with Crippen molar-refractivity contribution in [3.63, 3.8) is 0 Å². The van der Waals surface area contributed by atoms with E-state index in [-0.39, 0.29) is 0 Å². The molecule has 0 fully saturated rings. The number of aromatic nitrogens is 3. The smallest absolute Gasteiger partial charge is 0.164 e. The average molecular weight is 880 g/mol. The maximum Gasteiger partial charge on any atom is 0.164 e. The lowest BCUT2D eigenvalue weighted by Crippen LogP contribution is -2.45. The van der Waals surface area contributed by atoms with E-state index in [2.05, 4.69) is 212 Å². The van der Waals surface area contributed by atoms with Crippen LogP contribution in [-0.2, 0) is 10.8 Å². The second-order valence-corrected chi connectivity index (χ2v) is 18.2. The zero-order chi connectivity index (χ0) is 45.5. The first-order chi connectivity index (χ1) is 34.2. The number of fused-ring (bicyclic) bond motifs is 15. The van der Waals surface area contributed by atoms with Crippen LogP contribution in [0.3, 0.4) is 0 Å². The molecule has 0 atom stereocenters. The van der Waals surface area contributed by atoms with Gasteiger partial charge in [0.15, 0.2) is 17.5 Å². The summed E-state index contributed by atoms with van der Waals surface area (Å²) in [7, 11) is 0. The Balaban J connectivity index is 0.941. The summed E-state index contributed by atoms with van der Waals surface area (Å²) in [6.45, 7) is 0. The van der Waals surface area contributed by atoms with E-state index in [1.165, 1.54) is 44.5 Å². The van der Waals surface area contributed by atoms with Crippen molar-refractivity contribution in [2.45, 2.75) is 10.8 Å². The lowest BCUT2D eigenvalue weighted by atomic mass is 9.51. The summed E-state index contributed by atoms with van der Waals surface area (Å²) in [6.07, 6.45) is 0. The molecule has 1 aliphatic heterocycles. The van der Waals surface area contributed by atoms with Crippen LogP contribution in [0.5, 0.6) is 11.5 Å². The molecule has 0 unspecified atom stereocenters. The number of benzene rings is 10. The van der Waals surface area contributed by atoms with Crippen LogP contribution in [0.1, 0.15) is 44.5 Å². The van der Waals surface area contributed by atoms with Crippen LogP contribution < -0.4 is 4.74 Å². The summed E-state index contributed by atoms with van der Waals surface area (Å²) in [5, 5.41) is 0. The van der Waals surface area contributed by atoms with E-state index < -0.39 is 10.8 Å². The molecule has 2 heterocycles. The molecule has 0 saturated heterocycles. The van der Waals surface area contributed by atoms with Gasteiger partial charge in [0.05, 0.1) is 10.8 Å². The molecule has 10 aromatic carbocycles. The molecular weight excluding hydrogens is 839 g/mol. The van der Waals surface area contributed by atoms with Crippen LogP contribution in [-0.4, -0.2) is 15.0 Å². The molecule has 0 saturated carbocycles. The second-order valence-electron chi connectivity index (χ2n) is 18.2. The standard InChI is InChI=1S/C65H41N3O/c1-3-19-42(20-4-1)46-23-17-24-47(41-46)63-67-61(44-21-5-2-6-22-44)66-62(68-63)45-39-37-43(38-40-45)48-27-18-35-58-60(48)69-59-36-16-15-34-57(59)65(58)55-32-13-11-30-53(55)64(54-31-12-14-33-56(54)65)51-28-9-7-25-49(51)50-26-8-10-29-52(50)64/h1-41H. The number of ether oxygens (including phenoxy) is 1. The first-order valence-corrected chi connectivity index (χ1v) is 23.6. The lowest BCUT2D eigenvalue weighted by molar-refractivity contribution is 0.430. The van der Waals surface area contributed by atoms with Gasteiger partial charge in [-0.1, -0.05) is 237 Å². The van der Waals surface area contributed by atoms with E-state index in [4.69, 9.17) is 19.7 Å². The second kappa shape index (κ2) is 15.3. The fourth-order valence-corrected chi connectivity index (χ4v) is 11.9. The average Bonchev–Trinajstić information content (AvgIpc) is 3.73. The molecule has 0 amide bonds. The Morgan fingerprint density at radius 3 is 1.22 bits per heavy atom. The molecule has 14 rings (SSSR count). The molecule has 322 valence electrons. The molecule has 1 aromatic heterocycles. The Morgan fingerprint density at radius 2 is 0.623 bits per heavy atom. The van der Waals surface area contributed by atoms with E-state index in [9.17, 15) is 0 Å². The van der Waals surface area contributed by atoms with Gasteiger partial charge in [0.2, 0.25) is 0 Å². The van der Waals surface area contributed by atoms with Crippen molar-refractivity contribution in [1.29, 1.82) is 0 Å². The fraction of sp³-hybridized carbons (Fsp3) is 0.0308. The maximum atomic E-state index is 7.20. The highest BCUT2D eigenvalue weighted by atomic mass is 16.5. The maximum absolute atomic E-state index is 7.20. The number of nitrogens with zero attached hydrogens (tertiary/aromatic N) is 3. The lowest BCUT2D eigenvalue weighted by Gasteiger charge is -2.51. The molecule has 0 radical (unpaired) electrons. The third-order valence-electron chi connectivity index (χ3n) is 14.7. The van der Waals surface area contributed by atoms with Crippen LogP contribution >= 0.6 is 0 Å². The monoisotopic (exact) mass is 879 g/mol. The SMILES string of the molecule is c1ccc(-c2cccc(-c3nc(-c4ccccc4)nc(-c4ccc(-c5cccc6c5Oc5ccccc5C65c6ccccc6C6(c7ccccc7-c7ccccc76)c6ccccc65)cc4)n3)c2)cc1. The molecule has 11 aromatic rings. The molecule has 2 spiro atoms. The van der Waals surface area contributed by atoms with Gasteiger partial charge in [0.1, 0.15) is 11.5 Å². The zero-order valence-corrected chi connectivity index (χ0v) is 37.4. The summed E-state index contributed by atoms with van der Waals surface area (Å²) in [4.78, 5) is 15.3. The van der Waals surface area contributed by atoms with Gasteiger partial charge in [-0.05, 0) is 73.3 Å². The summed E-state index contributed by atoms with van der Waals surface area (Å²) in [5.41, 5.74) is 18.4. The van der Waals surface area contributed by atoms with E-state index in [0.717, 1.165) is 61.6 Å². The molecule has 0 N–H and O–H groups in total. The summed E-state index contributed by atoms with van der Waals surface area (Å²) < 4.78 is 7.20. The van der Waals surface area contributed by atoms with Gasteiger partial charge in [-0.3, -0.25) is 0 Å². The Morgan fingerprint density at radius 1 is 0.246 bits per heavy atom. The Labute approximate surface area is 400 Å². The van der Waals surface area contributed by atoms with Gasteiger partial charge in [-0.2, -0.15) is 0 Å². The Hall–Kier alpha value is -8.99. The third kappa shape index (κ3) is 5.66. The highest BCUT2D eigenvalue weighted by Gasteiger charge is 2.58. The van der Waals surface area contributed by atoms with Gasteiger partial charge in [-0.25, -0.2) is 15.0 Å². The van der Waals surface area contributed by atoms with Crippen LogP contribution in [0, 0.1) is 0 Å². The van der Waals surface area contributed by atoms with Gasteiger partial charge in [0.25, 0.3) is 0 Å². The summed E-state index contributed by atoms with van der Waals surface area (Å²) in [6, 6.07) is 89.3. The van der Waals surface area contributed by atoms with E-state index in [0.29, 0.717) is 17.5 Å². The molecule has 0 bridgehead atoms. The van der Waals surface area contributed by atoms with Gasteiger partial charge in [-0.15, -0.1) is 0 Å². The van der Waals surface area contributed by atoms with Crippen molar-refractivity contribution in [3.05, 3.63) is 293 Å². The predicted molar refractivity (Wildman–Crippen MR) is 276 cm³/mol. The predicted octanol–water partition coefficient (Wildman–Crippen LogP) is 15.4.